The lowest BCUT2D eigenvalue weighted by molar-refractivity contribution is -0.149. The van der Waals surface area contributed by atoms with Crippen molar-refractivity contribution in [1.82, 2.24) is 10.1 Å². The van der Waals surface area contributed by atoms with Gasteiger partial charge < -0.3 is 15.8 Å². The number of rotatable bonds is 11. The van der Waals surface area contributed by atoms with Crippen molar-refractivity contribution in [2.24, 2.45) is 0 Å². The van der Waals surface area contributed by atoms with Gasteiger partial charge in [-0.1, -0.05) is 18.2 Å². The molecule has 0 saturated carbocycles. The molecule has 0 spiro atoms. The Morgan fingerprint density at radius 2 is 1.71 bits per heavy atom. The maximum Gasteiger partial charge on any atom is 0.372 e. The molecule has 0 aliphatic heterocycles. The van der Waals surface area contributed by atoms with Gasteiger partial charge in [-0.2, -0.15) is 0 Å². The monoisotopic (exact) mass is 357 g/mol. The van der Waals surface area contributed by atoms with Crippen LogP contribution < -0.4 is 15.6 Å². The van der Waals surface area contributed by atoms with E-state index in [1.54, 1.807) is 30.3 Å². The zero-order valence-corrected chi connectivity index (χ0v) is 13.6. The van der Waals surface area contributed by atoms with E-state index < -0.39 is 27.7 Å². The molecule has 10 heteroatoms. The van der Waals surface area contributed by atoms with Crippen LogP contribution in [0.15, 0.2) is 30.3 Å². The van der Waals surface area contributed by atoms with Gasteiger partial charge in [0.25, 0.3) is 0 Å². The number of para-hydroxylation sites is 1. The zero-order chi connectivity index (χ0) is 18.0. The van der Waals surface area contributed by atoms with E-state index in [0.717, 1.165) is 0 Å². The molecule has 0 bridgehead atoms. The van der Waals surface area contributed by atoms with Gasteiger partial charge in [-0.05, 0) is 18.6 Å². The number of hydrogen-bond donors (Lipinski definition) is 4. The van der Waals surface area contributed by atoms with Crippen molar-refractivity contribution < 1.29 is 27.9 Å². The van der Waals surface area contributed by atoms with Crippen molar-refractivity contribution in [3.63, 3.8) is 0 Å². The molecule has 0 radical (unpaired) electrons. The van der Waals surface area contributed by atoms with Crippen molar-refractivity contribution >= 4 is 33.4 Å². The Balaban J connectivity index is 2.21. The third kappa shape index (κ3) is 8.25. The fourth-order valence-corrected chi connectivity index (χ4v) is 2.39. The van der Waals surface area contributed by atoms with Gasteiger partial charge in [-0.3, -0.25) is 9.59 Å². The van der Waals surface area contributed by atoms with Crippen LogP contribution in [-0.2, 0) is 24.4 Å². The molecule has 1 aromatic carbocycles. The van der Waals surface area contributed by atoms with E-state index in [2.05, 4.69) is 15.6 Å². The zero-order valence-electron chi connectivity index (χ0n) is 12.8. The van der Waals surface area contributed by atoms with Crippen molar-refractivity contribution in [3.8, 4) is 0 Å². The minimum atomic E-state index is -3.63. The highest BCUT2D eigenvalue weighted by Crippen LogP contribution is 2.03. The van der Waals surface area contributed by atoms with Gasteiger partial charge in [0.1, 0.15) is 0 Å². The second-order valence-electron chi connectivity index (χ2n) is 4.84. The summed E-state index contributed by atoms with van der Waals surface area (Å²) < 4.78 is 23.5. The number of anilines is 1. The molecule has 4 N–H and O–H groups in total. The van der Waals surface area contributed by atoms with E-state index >= 15 is 0 Å². The summed E-state index contributed by atoms with van der Waals surface area (Å²) in [4.78, 5) is 34.8. The lowest BCUT2D eigenvalue weighted by Gasteiger charge is -2.10. The Labute approximate surface area is 139 Å². The molecule has 0 aliphatic carbocycles. The maximum absolute atomic E-state index is 11.7. The first-order valence-electron chi connectivity index (χ1n) is 7.13. The average molecular weight is 357 g/mol. The molecule has 132 valence electrons. The molecule has 0 fully saturated rings. The second-order valence-corrected chi connectivity index (χ2v) is 6.69. The Morgan fingerprint density at radius 3 is 2.33 bits per heavy atom. The third-order valence-electron chi connectivity index (χ3n) is 2.86. The highest BCUT2D eigenvalue weighted by atomic mass is 32.2. The van der Waals surface area contributed by atoms with Crippen LogP contribution in [0.5, 0.6) is 0 Å². The highest BCUT2D eigenvalue weighted by molar-refractivity contribution is 7.89. The molecule has 0 saturated heterocycles. The fourth-order valence-electron chi connectivity index (χ4n) is 1.64. The molecule has 0 unspecified atom stereocenters. The molecule has 0 aromatic heterocycles. The van der Waals surface area contributed by atoms with Gasteiger partial charge in [-0.15, -0.1) is 4.83 Å². The standard InChI is InChI=1S/C14H19N3O6S/c18-12(14(20)21)7-4-8-13(19)15-9-10-24(22,23)17-16-11-5-2-1-3-6-11/h1-3,5-6,16-17H,4,7-10H2,(H,15,19)(H,20,21). The number of aliphatic carboxylic acids is 1. The number of carbonyl (C=O) groups is 3. The molecular formula is C14H19N3O6S. The highest BCUT2D eigenvalue weighted by Gasteiger charge is 2.13. The summed E-state index contributed by atoms with van der Waals surface area (Å²) in [7, 11) is -3.63. The summed E-state index contributed by atoms with van der Waals surface area (Å²) >= 11 is 0. The van der Waals surface area contributed by atoms with Crippen molar-refractivity contribution in [2.45, 2.75) is 19.3 Å². The van der Waals surface area contributed by atoms with Crippen LogP contribution >= 0.6 is 0 Å². The smallest absolute Gasteiger partial charge is 0.372 e. The number of hydrogen-bond acceptors (Lipinski definition) is 6. The Kier molecular flexibility index (Phi) is 7.86. The first-order chi connectivity index (χ1) is 11.3. The van der Waals surface area contributed by atoms with E-state index in [0.29, 0.717) is 5.69 Å². The predicted octanol–water partition coefficient (Wildman–Crippen LogP) is -0.127. The minimum Gasteiger partial charge on any atom is -0.476 e. The molecular weight excluding hydrogens is 338 g/mol. The van der Waals surface area contributed by atoms with Crippen molar-refractivity contribution in [1.29, 1.82) is 0 Å². The summed E-state index contributed by atoms with van der Waals surface area (Å²) in [6.45, 7) is -0.0997. The number of ketones is 1. The molecule has 0 aliphatic rings. The molecule has 9 nitrogen and oxygen atoms in total. The van der Waals surface area contributed by atoms with Crippen LogP contribution in [0.2, 0.25) is 0 Å². The lowest BCUT2D eigenvalue weighted by atomic mass is 10.2. The molecule has 24 heavy (non-hydrogen) atoms. The van der Waals surface area contributed by atoms with Gasteiger partial charge in [0, 0.05) is 25.1 Å². The van der Waals surface area contributed by atoms with Crippen molar-refractivity contribution in [2.75, 3.05) is 17.7 Å². The van der Waals surface area contributed by atoms with Crippen LogP contribution in [0.4, 0.5) is 5.69 Å². The number of hydrazine groups is 1. The Bertz CT molecular complexity index is 675. The summed E-state index contributed by atoms with van der Waals surface area (Å²) in [6, 6.07) is 8.64. The number of sulfonamides is 1. The topological polar surface area (TPSA) is 142 Å². The normalized spacial score (nSPS) is 10.8. The van der Waals surface area contributed by atoms with Crippen LogP contribution in [0.1, 0.15) is 19.3 Å². The summed E-state index contributed by atoms with van der Waals surface area (Å²) in [5.74, 6) is -3.26. The number of carboxylic acid groups (broad SMARTS) is 1. The molecule has 0 atom stereocenters. The largest absolute Gasteiger partial charge is 0.476 e. The van der Waals surface area contributed by atoms with Gasteiger partial charge in [-0.25, -0.2) is 13.2 Å². The van der Waals surface area contributed by atoms with Gasteiger partial charge in [0.2, 0.25) is 21.7 Å². The number of Topliss-reactive ketones (excluding diaryl/α,β-unsaturated/α-hetero) is 1. The number of benzene rings is 1. The van der Waals surface area contributed by atoms with Crippen LogP contribution in [-0.4, -0.2) is 43.5 Å². The van der Waals surface area contributed by atoms with E-state index in [-0.39, 0.29) is 31.6 Å². The average Bonchev–Trinajstić information content (AvgIpc) is 2.53. The SMILES string of the molecule is O=C(CCCC(=O)C(=O)O)NCCS(=O)(=O)NNc1ccccc1. The first-order valence-corrected chi connectivity index (χ1v) is 8.79. The Hall–Kier alpha value is -2.46. The van der Waals surface area contributed by atoms with Gasteiger partial charge in [0.05, 0.1) is 5.75 Å². The predicted molar refractivity (Wildman–Crippen MR) is 86.5 cm³/mol. The first kappa shape index (κ1) is 19.6. The molecule has 1 amide bonds. The quantitative estimate of drug-likeness (QED) is 0.319. The number of carbonyl (C=O) groups excluding carboxylic acids is 2. The minimum absolute atomic E-state index is 0.0469. The van der Waals surface area contributed by atoms with Crippen molar-refractivity contribution in [3.05, 3.63) is 30.3 Å². The second kappa shape index (κ2) is 9.63. The van der Waals surface area contributed by atoms with E-state index in [9.17, 15) is 22.8 Å². The van der Waals surface area contributed by atoms with E-state index in [1.165, 1.54) is 0 Å². The van der Waals surface area contributed by atoms with E-state index in [1.807, 2.05) is 0 Å². The number of carboxylic acids is 1. The number of amides is 1. The molecule has 0 heterocycles. The third-order valence-corrected chi connectivity index (χ3v) is 4.02. The summed E-state index contributed by atoms with van der Waals surface area (Å²) in [5.41, 5.74) is 3.11. The maximum atomic E-state index is 11.7. The Morgan fingerprint density at radius 1 is 1.04 bits per heavy atom. The van der Waals surface area contributed by atoms with Gasteiger partial charge >= 0.3 is 5.97 Å². The van der Waals surface area contributed by atoms with E-state index in [4.69, 9.17) is 5.11 Å². The number of nitrogens with one attached hydrogen (secondary N) is 3. The van der Waals surface area contributed by atoms with Crippen LogP contribution in [0, 0.1) is 0 Å². The molecule has 1 rings (SSSR count). The fraction of sp³-hybridized carbons (Fsp3) is 0.357. The van der Waals surface area contributed by atoms with Crippen LogP contribution in [0.25, 0.3) is 0 Å². The van der Waals surface area contributed by atoms with Gasteiger partial charge in [0.15, 0.2) is 0 Å². The summed E-state index contributed by atoms with van der Waals surface area (Å²) in [5, 5.41) is 10.8. The summed E-state index contributed by atoms with van der Waals surface area (Å²) in [6.07, 6.45) is -0.185. The van der Waals surface area contributed by atoms with Crippen LogP contribution in [0.3, 0.4) is 0 Å². The molecule has 1 aromatic rings. The lowest BCUT2D eigenvalue weighted by Crippen LogP contribution is -2.37.